The van der Waals surface area contributed by atoms with Crippen molar-refractivity contribution in [3.05, 3.63) is 29.8 Å². The van der Waals surface area contributed by atoms with Crippen molar-refractivity contribution >= 4 is 17.7 Å². The molecule has 3 nitrogen and oxygen atoms in total. The molecule has 1 amide bonds. The fourth-order valence-corrected chi connectivity index (χ4v) is 3.07. The van der Waals surface area contributed by atoms with Crippen molar-refractivity contribution in [1.29, 1.82) is 0 Å². The second kappa shape index (κ2) is 5.97. The Morgan fingerprint density at radius 3 is 2.68 bits per heavy atom. The van der Waals surface area contributed by atoms with E-state index in [0.717, 1.165) is 24.2 Å². The number of hydrogen-bond acceptors (Lipinski definition) is 3. The average molecular weight is 279 g/mol. The first-order valence-corrected chi connectivity index (χ1v) is 7.64. The highest BCUT2D eigenvalue weighted by molar-refractivity contribution is 8.00. The number of amides is 1. The molecular formula is C15H21NO2S. The van der Waals surface area contributed by atoms with Crippen molar-refractivity contribution in [2.24, 2.45) is 0 Å². The molecule has 0 spiro atoms. The molecule has 0 aliphatic heterocycles. The monoisotopic (exact) mass is 279 g/mol. The first-order valence-electron chi connectivity index (χ1n) is 6.76. The summed E-state index contributed by atoms with van der Waals surface area (Å²) in [6.07, 6.45) is 2.62. The van der Waals surface area contributed by atoms with Crippen LogP contribution in [0.25, 0.3) is 0 Å². The predicted octanol–water partition coefficient (Wildman–Crippen LogP) is 2.83. The Bertz CT molecular complexity index is 455. The summed E-state index contributed by atoms with van der Waals surface area (Å²) in [5.41, 5.74) is 0.0274. The lowest BCUT2D eigenvalue weighted by molar-refractivity contribution is -0.0300. The SMILES string of the molecule is CC(C)Sc1ccccc1C(=O)NCC1(O)CCC1. The average Bonchev–Trinajstić information content (AvgIpc) is 2.33. The quantitative estimate of drug-likeness (QED) is 0.815. The van der Waals surface area contributed by atoms with E-state index in [1.165, 1.54) is 0 Å². The van der Waals surface area contributed by atoms with Crippen LogP contribution in [-0.2, 0) is 0 Å². The van der Waals surface area contributed by atoms with E-state index < -0.39 is 5.60 Å². The summed E-state index contributed by atoms with van der Waals surface area (Å²) >= 11 is 1.68. The summed E-state index contributed by atoms with van der Waals surface area (Å²) < 4.78 is 0. The summed E-state index contributed by atoms with van der Waals surface area (Å²) in [5, 5.41) is 13.3. The van der Waals surface area contributed by atoms with Gasteiger partial charge in [0.2, 0.25) is 0 Å². The van der Waals surface area contributed by atoms with E-state index in [-0.39, 0.29) is 5.91 Å². The number of hydrogen-bond donors (Lipinski definition) is 2. The third-order valence-electron chi connectivity index (χ3n) is 3.36. The minimum absolute atomic E-state index is 0.0934. The number of rotatable bonds is 5. The van der Waals surface area contributed by atoms with Crippen LogP contribution in [0.2, 0.25) is 0 Å². The summed E-state index contributed by atoms with van der Waals surface area (Å²) in [6.45, 7) is 4.57. The van der Waals surface area contributed by atoms with Crippen LogP contribution >= 0.6 is 11.8 Å². The van der Waals surface area contributed by atoms with Gasteiger partial charge in [0.1, 0.15) is 0 Å². The molecule has 1 aromatic carbocycles. The van der Waals surface area contributed by atoms with Crippen LogP contribution in [0, 0.1) is 0 Å². The Labute approximate surface area is 118 Å². The second-order valence-electron chi connectivity index (χ2n) is 5.42. The molecule has 1 aliphatic rings. The molecule has 1 saturated carbocycles. The minimum atomic E-state index is -0.671. The highest BCUT2D eigenvalue weighted by atomic mass is 32.2. The third kappa shape index (κ3) is 3.74. The smallest absolute Gasteiger partial charge is 0.252 e. The van der Waals surface area contributed by atoms with E-state index in [4.69, 9.17) is 0 Å². The van der Waals surface area contributed by atoms with Gasteiger partial charge in [0.15, 0.2) is 0 Å². The number of carbonyl (C=O) groups is 1. The minimum Gasteiger partial charge on any atom is -0.388 e. The third-order valence-corrected chi connectivity index (χ3v) is 4.44. The van der Waals surface area contributed by atoms with Gasteiger partial charge in [0, 0.05) is 16.7 Å². The van der Waals surface area contributed by atoms with Crippen LogP contribution in [0.15, 0.2) is 29.2 Å². The van der Waals surface area contributed by atoms with Gasteiger partial charge in [-0.05, 0) is 31.4 Å². The van der Waals surface area contributed by atoms with Crippen LogP contribution in [0.1, 0.15) is 43.5 Å². The first kappa shape index (κ1) is 14.4. The Hall–Kier alpha value is -1.00. The molecule has 1 aromatic rings. The normalized spacial score (nSPS) is 17.1. The van der Waals surface area contributed by atoms with E-state index in [0.29, 0.717) is 17.4 Å². The molecule has 1 aliphatic carbocycles. The van der Waals surface area contributed by atoms with Crippen molar-refractivity contribution in [1.82, 2.24) is 5.32 Å². The topological polar surface area (TPSA) is 49.3 Å². The van der Waals surface area contributed by atoms with Gasteiger partial charge in [0.25, 0.3) is 5.91 Å². The molecule has 1 fully saturated rings. The van der Waals surface area contributed by atoms with E-state index in [1.54, 1.807) is 11.8 Å². The van der Waals surface area contributed by atoms with Crippen LogP contribution in [0.5, 0.6) is 0 Å². The lowest BCUT2D eigenvalue weighted by Crippen LogP contribution is -2.47. The molecule has 19 heavy (non-hydrogen) atoms. The molecule has 0 heterocycles. The summed E-state index contributed by atoms with van der Waals surface area (Å²) in [5.74, 6) is -0.0934. The highest BCUT2D eigenvalue weighted by Gasteiger charge is 2.34. The van der Waals surface area contributed by atoms with E-state index >= 15 is 0 Å². The summed E-state index contributed by atoms with van der Waals surface area (Å²) in [4.78, 5) is 13.2. The maximum Gasteiger partial charge on any atom is 0.252 e. The number of benzene rings is 1. The molecule has 0 saturated heterocycles. The Kier molecular flexibility index (Phi) is 4.53. The molecule has 0 radical (unpaired) electrons. The molecule has 0 bridgehead atoms. The number of aliphatic hydroxyl groups is 1. The Balaban J connectivity index is 2.01. The van der Waals surface area contributed by atoms with Gasteiger partial charge in [-0.2, -0.15) is 0 Å². The number of thioether (sulfide) groups is 1. The van der Waals surface area contributed by atoms with Crippen molar-refractivity contribution in [2.45, 2.75) is 48.9 Å². The Morgan fingerprint density at radius 1 is 1.42 bits per heavy atom. The van der Waals surface area contributed by atoms with Crippen LogP contribution in [-0.4, -0.2) is 28.4 Å². The first-order chi connectivity index (χ1) is 9.00. The van der Waals surface area contributed by atoms with Gasteiger partial charge < -0.3 is 10.4 Å². The number of carbonyl (C=O) groups excluding carboxylic acids is 1. The molecule has 2 rings (SSSR count). The molecule has 2 N–H and O–H groups in total. The van der Waals surface area contributed by atoms with E-state index in [9.17, 15) is 9.90 Å². The fraction of sp³-hybridized carbons (Fsp3) is 0.533. The summed E-state index contributed by atoms with van der Waals surface area (Å²) in [6, 6.07) is 7.63. The molecule has 0 unspecified atom stereocenters. The summed E-state index contributed by atoms with van der Waals surface area (Å²) in [7, 11) is 0. The van der Waals surface area contributed by atoms with Gasteiger partial charge in [0.05, 0.1) is 11.2 Å². The lowest BCUT2D eigenvalue weighted by Gasteiger charge is -2.36. The van der Waals surface area contributed by atoms with Crippen molar-refractivity contribution in [3.63, 3.8) is 0 Å². The van der Waals surface area contributed by atoms with Gasteiger partial charge >= 0.3 is 0 Å². The maximum atomic E-state index is 12.2. The predicted molar refractivity (Wildman–Crippen MR) is 78.6 cm³/mol. The molecule has 4 heteroatoms. The second-order valence-corrected chi connectivity index (χ2v) is 7.04. The maximum absolute atomic E-state index is 12.2. The standard InChI is InChI=1S/C15H21NO2S/c1-11(2)19-13-7-4-3-6-12(13)14(17)16-10-15(18)8-5-9-15/h3-4,6-7,11,18H,5,8-10H2,1-2H3,(H,16,17). The zero-order chi connectivity index (χ0) is 13.9. The zero-order valence-electron chi connectivity index (χ0n) is 11.5. The van der Waals surface area contributed by atoms with Gasteiger partial charge in [-0.3, -0.25) is 4.79 Å². The molecular weight excluding hydrogens is 258 g/mol. The van der Waals surface area contributed by atoms with Gasteiger partial charge in [-0.25, -0.2) is 0 Å². The fourth-order valence-electron chi connectivity index (χ4n) is 2.11. The van der Waals surface area contributed by atoms with Crippen molar-refractivity contribution in [3.8, 4) is 0 Å². The number of nitrogens with one attached hydrogen (secondary N) is 1. The largest absolute Gasteiger partial charge is 0.388 e. The molecule has 0 atom stereocenters. The van der Waals surface area contributed by atoms with Crippen molar-refractivity contribution in [2.75, 3.05) is 6.54 Å². The Morgan fingerprint density at radius 2 is 2.11 bits per heavy atom. The van der Waals surface area contributed by atoms with Gasteiger partial charge in [-0.1, -0.05) is 26.0 Å². The van der Waals surface area contributed by atoms with Crippen LogP contribution in [0.4, 0.5) is 0 Å². The van der Waals surface area contributed by atoms with Gasteiger partial charge in [-0.15, -0.1) is 11.8 Å². The highest BCUT2D eigenvalue weighted by Crippen LogP contribution is 2.31. The zero-order valence-corrected chi connectivity index (χ0v) is 12.3. The van der Waals surface area contributed by atoms with Crippen molar-refractivity contribution < 1.29 is 9.90 Å². The van der Waals surface area contributed by atoms with E-state index in [1.807, 2.05) is 24.3 Å². The lowest BCUT2D eigenvalue weighted by atomic mass is 9.80. The molecule has 104 valence electrons. The van der Waals surface area contributed by atoms with Crippen LogP contribution < -0.4 is 5.32 Å². The van der Waals surface area contributed by atoms with E-state index in [2.05, 4.69) is 19.2 Å². The van der Waals surface area contributed by atoms with Crippen LogP contribution in [0.3, 0.4) is 0 Å². The molecule has 0 aromatic heterocycles.